The van der Waals surface area contributed by atoms with E-state index in [1.807, 2.05) is 20.8 Å². The maximum Gasteiger partial charge on any atom is 0.473 e. The third kappa shape index (κ3) is 3.39. The largest absolute Gasteiger partial charge is 0.481 e. The number of rotatable bonds is 5. The molecule has 0 amide bonds. The summed E-state index contributed by atoms with van der Waals surface area (Å²) in [5.74, 6) is -1.04. The molecule has 0 N–H and O–H groups in total. The van der Waals surface area contributed by atoms with E-state index in [1.54, 1.807) is 0 Å². The first-order valence-corrected chi connectivity index (χ1v) is 8.87. The van der Waals surface area contributed by atoms with Crippen LogP contribution in [0.1, 0.15) is 46.5 Å². The molecule has 1 aliphatic rings. The molecule has 1 aliphatic carbocycles. The smallest absolute Gasteiger partial charge is 0.473 e. The van der Waals surface area contributed by atoms with Crippen LogP contribution in [-0.2, 0) is 18.4 Å². The van der Waals surface area contributed by atoms with E-state index in [2.05, 4.69) is 13.2 Å². The Labute approximate surface area is 122 Å². The zero-order chi connectivity index (χ0) is 15.4. The van der Waals surface area contributed by atoms with E-state index in [0.29, 0.717) is 0 Å². The highest BCUT2D eigenvalue weighted by Gasteiger charge is 2.61. The lowest BCUT2D eigenvalue weighted by molar-refractivity contribution is -0.137. The second kappa shape index (κ2) is 6.39. The molecule has 1 fully saturated rings. The lowest BCUT2D eigenvalue weighted by atomic mass is 10.2. The van der Waals surface area contributed by atoms with Crippen molar-refractivity contribution in [1.82, 2.24) is 0 Å². The first kappa shape index (κ1) is 16.7. The number of carbonyl (C=O) groups excluding carboxylic acids is 2. The second-order valence-corrected chi connectivity index (χ2v) is 10.2. The molecule has 5 heteroatoms. The first-order chi connectivity index (χ1) is 9.26. The molecule has 1 saturated carbocycles. The molecule has 0 spiro atoms. The van der Waals surface area contributed by atoms with Crippen molar-refractivity contribution < 1.29 is 18.4 Å². The summed E-state index contributed by atoms with van der Waals surface area (Å²) in [4.78, 5) is 23.6. The Morgan fingerprint density at radius 2 is 1.45 bits per heavy atom. The van der Waals surface area contributed by atoms with Gasteiger partial charge in [-0.1, -0.05) is 46.8 Å². The Morgan fingerprint density at radius 3 is 1.75 bits per heavy atom. The molecule has 0 aromatic heterocycles. The standard InChI is InChI=1S/C15H24O4Si/c1-6-13(16)18-20(15(3,4)5,19-14(17)7-2)12-10-8-9-11-12/h6-7,12H,1-2,8-11H2,3-5H3. The van der Waals surface area contributed by atoms with Crippen LogP contribution in [0.25, 0.3) is 0 Å². The van der Waals surface area contributed by atoms with Gasteiger partial charge in [-0.15, -0.1) is 0 Å². The van der Waals surface area contributed by atoms with Crippen molar-refractivity contribution in [2.24, 2.45) is 0 Å². The third-order valence-corrected chi connectivity index (χ3v) is 8.53. The second-order valence-electron chi connectivity index (χ2n) is 6.15. The minimum atomic E-state index is -3.07. The van der Waals surface area contributed by atoms with Crippen LogP contribution in [0.4, 0.5) is 0 Å². The summed E-state index contributed by atoms with van der Waals surface area (Å²) in [7, 11) is -3.07. The third-order valence-electron chi connectivity index (χ3n) is 3.78. The van der Waals surface area contributed by atoms with Crippen molar-refractivity contribution in [2.45, 2.75) is 57.0 Å². The van der Waals surface area contributed by atoms with Gasteiger partial charge in [0.2, 0.25) is 0 Å². The normalized spacial score (nSPS) is 16.6. The van der Waals surface area contributed by atoms with Gasteiger partial charge >= 0.3 is 20.5 Å². The average Bonchev–Trinajstić information content (AvgIpc) is 2.90. The fourth-order valence-corrected chi connectivity index (χ4v) is 6.94. The van der Waals surface area contributed by atoms with Gasteiger partial charge in [0.25, 0.3) is 0 Å². The fraction of sp³-hybridized carbons (Fsp3) is 0.600. The topological polar surface area (TPSA) is 52.6 Å². The predicted molar refractivity (Wildman–Crippen MR) is 80.3 cm³/mol. The van der Waals surface area contributed by atoms with Crippen molar-refractivity contribution in [3.63, 3.8) is 0 Å². The van der Waals surface area contributed by atoms with E-state index in [-0.39, 0.29) is 5.54 Å². The van der Waals surface area contributed by atoms with Crippen LogP contribution in [-0.4, -0.2) is 20.5 Å². The quantitative estimate of drug-likeness (QED) is 0.574. The zero-order valence-corrected chi connectivity index (χ0v) is 13.6. The molecule has 0 radical (unpaired) electrons. The van der Waals surface area contributed by atoms with E-state index >= 15 is 0 Å². The molecule has 20 heavy (non-hydrogen) atoms. The van der Waals surface area contributed by atoms with Crippen molar-refractivity contribution >= 4 is 20.5 Å². The molecule has 112 valence electrons. The molecule has 0 bridgehead atoms. The summed E-state index contributed by atoms with van der Waals surface area (Å²) in [6.45, 7) is 12.8. The Bertz CT molecular complexity index is 381. The van der Waals surface area contributed by atoms with Crippen molar-refractivity contribution in [3.05, 3.63) is 25.3 Å². The minimum absolute atomic E-state index is 0.135. The van der Waals surface area contributed by atoms with Gasteiger partial charge in [0, 0.05) is 22.7 Å². The van der Waals surface area contributed by atoms with Gasteiger partial charge in [-0.3, -0.25) is 0 Å². The van der Waals surface area contributed by atoms with Gasteiger partial charge in [-0.25, -0.2) is 9.59 Å². The molecule has 1 rings (SSSR count). The fourth-order valence-electron chi connectivity index (χ4n) is 2.79. The molecule has 0 aliphatic heterocycles. The summed E-state index contributed by atoms with van der Waals surface area (Å²) in [5, 5.41) is -0.403. The summed E-state index contributed by atoms with van der Waals surface area (Å²) in [5.41, 5.74) is 0.135. The lowest BCUT2D eigenvalue weighted by Gasteiger charge is -2.42. The van der Waals surface area contributed by atoms with Crippen LogP contribution < -0.4 is 0 Å². The predicted octanol–water partition coefficient (Wildman–Crippen LogP) is 3.63. The minimum Gasteiger partial charge on any atom is -0.481 e. The Hall–Kier alpha value is -1.36. The van der Waals surface area contributed by atoms with Crippen molar-refractivity contribution in [3.8, 4) is 0 Å². The number of hydrogen-bond acceptors (Lipinski definition) is 4. The summed E-state index contributed by atoms with van der Waals surface area (Å²) < 4.78 is 11.4. The summed E-state index contributed by atoms with van der Waals surface area (Å²) in [6, 6.07) is 0. The Kier molecular flexibility index (Phi) is 5.33. The molecule has 4 nitrogen and oxygen atoms in total. The van der Waals surface area contributed by atoms with Gasteiger partial charge in [0.15, 0.2) is 0 Å². The van der Waals surface area contributed by atoms with E-state index in [9.17, 15) is 9.59 Å². The zero-order valence-electron chi connectivity index (χ0n) is 12.6. The SMILES string of the molecule is C=CC(=O)O[Si](OC(=O)C=C)(C1CCCC1)C(C)(C)C. The first-order valence-electron chi connectivity index (χ1n) is 6.97. The highest BCUT2D eigenvalue weighted by molar-refractivity contribution is 6.75. The van der Waals surface area contributed by atoms with E-state index in [0.717, 1.165) is 37.8 Å². The average molecular weight is 296 g/mol. The summed E-state index contributed by atoms with van der Waals surface area (Å²) in [6.07, 6.45) is 6.27. The van der Waals surface area contributed by atoms with Crippen LogP contribution in [0.2, 0.25) is 10.6 Å². The molecule has 0 unspecified atom stereocenters. The van der Waals surface area contributed by atoms with Gasteiger partial charge in [0.05, 0.1) is 0 Å². The van der Waals surface area contributed by atoms with Gasteiger partial charge in [-0.05, 0) is 12.8 Å². The monoisotopic (exact) mass is 296 g/mol. The molecular formula is C15H24O4Si. The van der Waals surface area contributed by atoms with Crippen LogP contribution in [0, 0.1) is 0 Å². The van der Waals surface area contributed by atoms with E-state index in [4.69, 9.17) is 8.85 Å². The van der Waals surface area contributed by atoms with Gasteiger partial charge in [0.1, 0.15) is 0 Å². The highest BCUT2D eigenvalue weighted by atomic mass is 28.4. The summed E-state index contributed by atoms with van der Waals surface area (Å²) >= 11 is 0. The van der Waals surface area contributed by atoms with Gasteiger partial charge < -0.3 is 8.85 Å². The van der Waals surface area contributed by atoms with Crippen molar-refractivity contribution in [2.75, 3.05) is 0 Å². The highest BCUT2D eigenvalue weighted by Crippen LogP contribution is 2.51. The molecule has 0 saturated heterocycles. The van der Waals surface area contributed by atoms with E-state index in [1.165, 1.54) is 0 Å². The Balaban J connectivity index is 3.22. The van der Waals surface area contributed by atoms with Crippen LogP contribution >= 0.6 is 0 Å². The van der Waals surface area contributed by atoms with Crippen LogP contribution in [0.3, 0.4) is 0 Å². The van der Waals surface area contributed by atoms with Crippen LogP contribution in [0.5, 0.6) is 0 Å². The molecular weight excluding hydrogens is 272 g/mol. The van der Waals surface area contributed by atoms with E-state index < -0.39 is 25.5 Å². The van der Waals surface area contributed by atoms with Crippen LogP contribution in [0.15, 0.2) is 25.3 Å². The molecule has 0 atom stereocenters. The maximum absolute atomic E-state index is 11.8. The Morgan fingerprint density at radius 1 is 1.05 bits per heavy atom. The molecule has 0 heterocycles. The van der Waals surface area contributed by atoms with Crippen molar-refractivity contribution in [1.29, 1.82) is 0 Å². The lowest BCUT2D eigenvalue weighted by Crippen LogP contribution is -2.55. The number of hydrogen-bond donors (Lipinski definition) is 0. The molecule has 0 aromatic carbocycles. The maximum atomic E-state index is 11.8. The number of carbonyl (C=O) groups is 2. The van der Waals surface area contributed by atoms with Gasteiger partial charge in [-0.2, -0.15) is 0 Å². The molecule has 0 aromatic rings.